The molecule has 5 nitrogen and oxygen atoms in total. The zero-order valence-corrected chi connectivity index (χ0v) is 11.0. The van der Waals surface area contributed by atoms with Crippen LogP contribution in [0.2, 0.25) is 5.02 Å². The SMILES string of the molecule is CCC(CCO)NCc1c(Cl)cccc1[N+](=O)[O-]. The van der Waals surface area contributed by atoms with Gasteiger partial charge in [-0.15, -0.1) is 0 Å². The highest BCUT2D eigenvalue weighted by Gasteiger charge is 2.17. The molecule has 0 radical (unpaired) electrons. The summed E-state index contributed by atoms with van der Waals surface area (Å²) in [7, 11) is 0. The lowest BCUT2D eigenvalue weighted by molar-refractivity contribution is -0.385. The highest BCUT2D eigenvalue weighted by atomic mass is 35.5. The van der Waals surface area contributed by atoms with Gasteiger partial charge in [0.15, 0.2) is 0 Å². The number of benzene rings is 1. The number of nitro groups is 1. The predicted octanol–water partition coefficient (Wildman–Crippen LogP) is 2.50. The number of rotatable bonds is 7. The predicted molar refractivity (Wildman–Crippen MR) is 70.7 cm³/mol. The van der Waals surface area contributed by atoms with Gasteiger partial charge in [0.1, 0.15) is 0 Å². The molecule has 0 saturated heterocycles. The Morgan fingerprint density at radius 2 is 2.28 bits per heavy atom. The Bertz CT molecular complexity index is 412. The molecule has 2 N–H and O–H groups in total. The van der Waals surface area contributed by atoms with Crippen LogP contribution in [0, 0.1) is 10.1 Å². The van der Waals surface area contributed by atoms with E-state index in [0.717, 1.165) is 6.42 Å². The van der Waals surface area contributed by atoms with E-state index in [-0.39, 0.29) is 18.3 Å². The third-order valence-electron chi connectivity index (χ3n) is 2.83. The molecular formula is C12H17ClN2O3. The van der Waals surface area contributed by atoms with E-state index >= 15 is 0 Å². The van der Waals surface area contributed by atoms with Gasteiger partial charge in [0, 0.05) is 25.3 Å². The van der Waals surface area contributed by atoms with Crippen molar-refractivity contribution in [2.24, 2.45) is 0 Å². The van der Waals surface area contributed by atoms with Crippen LogP contribution in [-0.2, 0) is 6.54 Å². The van der Waals surface area contributed by atoms with Crippen molar-refractivity contribution >= 4 is 17.3 Å². The van der Waals surface area contributed by atoms with Gasteiger partial charge in [-0.05, 0) is 18.9 Å². The monoisotopic (exact) mass is 272 g/mol. The molecule has 18 heavy (non-hydrogen) atoms. The summed E-state index contributed by atoms with van der Waals surface area (Å²) in [5.41, 5.74) is 0.509. The number of nitro benzene ring substituents is 1. The zero-order chi connectivity index (χ0) is 13.5. The minimum atomic E-state index is -0.435. The summed E-state index contributed by atoms with van der Waals surface area (Å²) < 4.78 is 0. The summed E-state index contributed by atoms with van der Waals surface area (Å²) in [6, 6.07) is 4.77. The van der Waals surface area contributed by atoms with Crippen LogP contribution >= 0.6 is 11.6 Å². The topological polar surface area (TPSA) is 75.4 Å². The first-order valence-electron chi connectivity index (χ1n) is 5.86. The lowest BCUT2D eigenvalue weighted by Gasteiger charge is -2.16. The molecule has 6 heteroatoms. The lowest BCUT2D eigenvalue weighted by Crippen LogP contribution is -2.29. The van der Waals surface area contributed by atoms with Crippen LogP contribution in [0.3, 0.4) is 0 Å². The first-order valence-corrected chi connectivity index (χ1v) is 6.24. The zero-order valence-electron chi connectivity index (χ0n) is 10.2. The van der Waals surface area contributed by atoms with Crippen LogP contribution in [-0.4, -0.2) is 22.7 Å². The molecule has 1 aromatic carbocycles. The van der Waals surface area contributed by atoms with E-state index in [0.29, 0.717) is 23.6 Å². The molecule has 0 aromatic heterocycles. The number of aliphatic hydroxyl groups is 1. The number of halogens is 1. The number of nitrogens with one attached hydrogen (secondary N) is 1. The first kappa shape index (κ1) is 14.9. The fourth-order valence-electron chi connectivity index (χ4n) is 1.75. The Hall–Kier alpha value is -1.17. The van der Waals surface area contributed by atoms with Crippen molar-refractivity contribution in [3.05, 3.63) is 38.9 Å². The maximum absolute atomic E-state index is 10.9. The quantitative estimate of drug-likeness (QED) is 0.591. The van der Waals surface area contributed by atoms with Gasteiger partial charge in [-0.25, -0.2) is 0 Å². The average Bonchev–Trinajstić information content (AvgIpc) is 2.35. The first-order chi connectivity index (χ1) is 8.60. The summed E-state index contributed by atoms with van der Waals surface area (Å²) in [6.07, 6.45) is 1.47. The van der Waals surface area contributed by atoms with Gasteiger partial charge >= 0.3 is 0 Å². The van der Waals surface area contributed by atoms with E-state index in [1.54, 1.807) is 12.1 Å². The number of nitrogens with zero attached hydrogens (tertiary/aromatic N) is 1. The van der Waals surface area contributed by atoms with Crippen LogP contribution < -0.4 is 5.32 Å². The Labute approximate surface area is 111 Å². The molecule has 0 bridgehead atoms. The minimum absolute atomic E-state index is 0.0221. The molecule has 0 heterocycles. The maximum Gasteiger partial charge on any atom is 0.275 e. The second-order valence-electron chi connectivity index (χ2n) is 3.99. The Morgan fingerprint density at radius 3 is 2.83 bits per heavy atom. The van der Waals surface area contributed by atoms with Crippen LogP contribution in [0.15, 0.2) is 18.2 Å². The Balaban J connectivity index is 2.80. The molecular weight excluding hydrogens is 256 g/mol. The van der Waals surface area contributed by atoms with E-state index in [4.69, 9.17) is 16.7 Å². The van der Waals surface area contributed by atoms with Crippen LogP contribution in [0.1, 0.15) is 25.3 Å². The summed E-state index contributed by atoms with van der Waals surface area (Å²) in [5, 5.41) is 23.3. The molecule has 0 spiro atoms. The van der Waals surface area contributed by atoms with Gasteiger partial charge < -0.3 is 10.4 Å². The van der Waals surface area contributed by atoms with E-state index in [9.17, 15) is 10.1 Å². The highest BCUT2D eigenvalue weighted by Crippen LogP contribution is 2.26. The average molecular weight is 273 g/mol. The number of aliphatic hydroxyl groups excluding tert-OH is 1. The molecule has 0 amide bonds. The van der Waals surface area contributed by atoms with E-state index in [2.05, 4.69) is 5.32 Å². The van der Waals surface area contributed by atoms with E-state index < -0.39 is 4.92 Å². The summed E-state index contributed by atoms with van der Waals surface area (Å²) in [5.74, 6) is 0. The summed E-state index contributed by atoms with van der Waals surface area (Å²) >= 11 is 5.98. The fourth-order valence-corrected chi connectivity index (χ4v) is 1.98. The minimum Gasteiger partial charge on any atom is -0.396 e. The molecule has 100 valence electrons. The maximum atomic E-state index is 10.9. The standard InChI is InChI=1S/C12H17ClN2O3/c1-2-9(6-7-16)14-8-10-11(13)4-3-5-12(10)15(17)18/h3-5,9,14,16H,2,6-8H2,1H3. The third-order valence-corrected chi connectivity index (χ3v) is 3.18. The smallest absolute Gasteiger partial charge is 0.275 e. The van der Waals surface area contributed by atoms with Gasteiger partial charge in [0.25, 0.3) is 5.69 Å². The van der Waals surface area contributed by atoms with Crippen molar-refractivity contribution in [2.75, 3.05) is 6.61 Å². The van der Waals surface area contributed by atoms with Gasteiger partial charge in [0.2, 0.25) is 0 Å². The lowest BCUT2D eigenvalue weighted by atomic mass is 10.1. The van der Waals surface area contributed by atoms with Crippen molar-refractivity contribution in [2.45, 2.75) is 32.4 Å². The summed E-state index contributed by atoms with van der Waals surface area (Å²) in [6.45, 7) is 2.42. The van der Waals surface area contributed by atoms with Gasteiger partial charge in [0.05, 0.1) is 15.5 Å². The molecule has 1 aromatic rings. The summed E-state index contributed by atoms with van der Waals surface area (Å²) in [4.78, 5) is 10.5. The van der Waals surface area contributed by atoms with Crippen LogP contribution in [0.5, 0.6) is 0 Å². The molecule has 0 saturated carbocycles. The number of hydrogen-bond donors (Lipinski definition) is 2. The largest absolute Gasteiger partial charge is 0.396 e. The van der Waals surface area contributed by atoms with Crippen molar-refractivity contribution in [3.8, 4) is 0 Å². The Kier molecular flexibility index (Phi) is 6.04. The van der Waals surface area contributed by atoms with Gasteiger partial charge in [-0.2, -0.15) is 0 Å². The Morgan fingerprint density at radius 1 is 1.56 bits per heavy atom. The highest BCUT2D eigenvalue weighted by molar-refractivity contribution is 6.31. The van der Waals surface area contributed by atoms with E-state index in [1.807, 2.05) is 6.92 Å². The van der Waals surface area contributed by atoms with Crippen molar-refractivity contribution in [1.29, 1.82) is 0 Å². The van der Waals surface area contributed by atoms with Crippen molar-refractivity contribution in [3.63, 3.8) is 0 Å². The van der Waals surface area contributed by atoms with E-state index in [1.165, 1.54) is 6.07 Å². The third kappa shape index (κ3) is 3.94. The number of hydrogen-bond acceptors (Lipinski definition) is 4. The van der Waals surface area contributed by atoms with Crippen molar-refractivity contribution in [1.82, 2.24) is 5.32 Å². The fraction of sp³-hybridized carbons (Fsp3) is 0.500. The second kappa shape index (κ2) is 7.31. The molecule has 1 rings (SSSR count). The molecule has 0 aliphatic heterocycles. The second-order valence-corrected chi connectivity index (χ2v) is 4.40. The van der Waals surface area contributed by atoms with Crippen LogP contribution in [0.4, 0.5) is 5.69 Å². The molecule has 1 atom stereocenters. The normalized spacial score (nSPS) is 12.4. The van der Waals surface area contributed by atoms with Crippen LogP contribution in [0.25, 0.3) is 0 Å². The molecule has 0 aliphatic rings. The molecule has 1 unspecified atom stereocenters. The van der Waals surface area contributed by atoms with Crippen molar-refractivity contribution < 1.29 is 10.0 Å². The van der Waals surface area contributed by atoms with Gasteiger partial charge in [-0.3, -0.25) is 10.1 Å². The molecule has 0 fully saturated rings. The molecule has 0 aliphatic carbocycles. The van der Waals surface area contributed by atoms with Gasteiger partial charge in [-0.1, -0.05) is 24.6 Å².